The quantitative estimate of drug-likeness (QED) is 0.228. The van der Waals surface area contributed by atoms with Crippen LogP contribution < -0.4 is 14.2 Å². The highest BCUT2D eigenvalue weighted by Gasteiger charge is 2.18. The smallest absolute Gasteiger partial charge is 0.233 e. The second-order valence-corrected chi connectivity index (χ2v) is 7.40. The molecular weight excluding hydrogens is 416 g/mol. The maximum Gasteiger partial charge on any atom is 0.233 e. The highest BCUT2D eigenvalue weighted by atomic mass is 16.5. The van der Waals surface area contributed by atoms with Crippen LogP contribution in [0.5, 0.6) is 28.7 Å². The van der Waals surface area contributed by atoms with Gasteiger partial charge in [0.1, 0.15) is 28.7 Å². The topological polar surface area (TPSA) is 61.8 Å². The van der Waals surface area contributed by atoms with Crippen LogP contribution in [0.15, 0.2) is 97.1 Å². The first-order chi connectivity index (χ1) is 16.0. The van der Waals surface area contributed by atoms with Crippen molar-refractivity contribution < 1.29 is 23.8 Å². The van der Waals surface area contributed by atoms with Crippen LogP contribution in [-0.2, 0) is 0 Å². The molecular formula is C28H22O5. The van der Waals surface area contributed by atoms with Crippen molar-refractivity contribution >= 4 is 11.6 Å². The predicted molar refractivity (Wildman–Crippen MR) is 126 cm³/mol. The first kappa shape index (κ1) is 21.8. The average molecular weight is 438 g/mol. The number of ether oxygens (including phenoxy) is 3. The lowest BCUT2D eigenvalue weighted by atomic mass is 10.0. The van der Waals surface area contributed by atoms with E-state index >= 15 is 0 Å². The van der Waals surface area contributed by atoms with Crippen LogP contribution in [0.4, 0.5) is 0 Å². The molecule has 0 N–H and O–H groups in total. The van der Waals surface area contributed by atoms with Gasteiger partial charge < -0.3 is 14.2 Å². The summed E-state index contributed by atoms with van der Waals surface area (Å²) in [5, 5.41) is 0. The van der Waals surface area contributed by atoms with E-state index < -0.39 is 11.6 Å². The zero-order valence-corrected chi connectivity index (χ0v) is 18.3. The summed E-state index contributed by atoms with van der Waals surface area (Å²) in [5.41, 5.74) is 1.74. The van der Waals surface area contributed by atoms with Crippen LogP contribution in [0, 0.1) is 6.92 Å². The molecule has 0 saturated heterocycles. The zero-order valence-electron chi connectivity index (χ0n) is 18.3. The zero-order chi connectivity index (χ0) is 23.2. The number of rotatable bonds is 8. The Morgan fingerprint density at radius 3 is 1.15 bits per heavy atom. The molecule has 0 atom stereocenters. The van der Waals surface area contributed by atoms with Gasteiger partial charge in [-0.3, -0.25) is 9.59 Å². The van der Waals surface area contributed by atoms with Crippen molar-refractivity contribution in [3.05, 3.63) is 114 Å². The van der Waals surface area contributed by atoms with Crippen LogP contribution in [0.1, 0.15) is 26.3 Å². The van der Waals surface area contributed by atoms with E-state index in [9.17, 15) is 9.59 Å². The molecule has 4 aromatic rings. The molecule has 0 saturated carbocycles. The number of aryl methyl sites for hydroxylation is 1. The van der Waals surface area contributed by atoms with E-state index in [4.69, 9.17) is 14.2 Å². The lowest BCUT2D eigenvalue weighted by Crippen LogP contribution is -2.14. The van der Waals surface area contributed by atoms with Gasteiger partial charge in [0.2, 0.25) is 11.6 Å². The summed E-state index contributed by atoms with van der Waals surface area (Å²) >= 11 is 0. The van der Waals surface area contributed by atoms with E-state index in [0.717, 1.165) is 11.3 Å². The molecule has 0 aliphatic heterocycles. The SMILES string of the molecule is COc1ccc(Oc2ccc(C(=O)C(=O)c3ccc(Oc4ccc(C)cc4)cc3)cc2)cc1. The summed E-state index contributed by atoms with van der Waals surface area (Å²) in [4.78, 5) is 25.3. The maximum atomic E-state index is 12.7. The van der Waals surface area contributed by atoms with E-state index in [2.05, 4.69) is 0 Å². The number of hydrogen-bond acceptors (Lipinski definition) is 5. The lowest BCUT2D eigenvalue weighted by molar-refractivity contribution is 0.0817. The summed E-state index contributed by atoms with van der Waals surface area (Å²) in [6.07, 6.45) is 0. The van der Waals surface area contributed by atoms with Gasteiger partial charge in [-0.25, -0.2) is 0 Å². The molecule has 33 heavy (non-hydrogen) atoms. The highest BCUT2D eigenvalue weighted by molar-refractivity contribution is 6.49. The summed E-state index contributed by atoms with van der Waals surface area (Å²) in [5.74, 6) is 2.05. The molecule has 5 nitrogen and oxygen atoms in total. The van der Waals surface area contributed by atoms with Crippen LogP contribution in [0.25, 0.3) is 0 Å². The van der Waals surface area contributed by atoms with Gasteiger partial charge >= 0.3 is 0 Å². The molecule has 0 heterocycles. The van der Waals surface area contributed by atoms with Crippen LogP contribution in [0.2, 0.25) is 0 Å². The second-order valence-electron chi connectivity index (χ2n) is 7.40. The lowest BCUT2D eigenvalue weighted by Gasteiger charge is -2.08. The van der Waals surface area contributed by atoms with Gasteiger partial charge in [0.25, 0.3) is 0 Å². The minimum atomic E-state index is -0.585. The molecule has 0 aromatic heterocycles. The van der Waals surface area contributed by atoms with Gasteiger partial charge in [0.05, 0.1) is 7.11 Å². The monoisotopic (exact) mass is 438 g/mol. The molecule has 0 spiro atoms. The number of hydrogen-bond donors (Lipinski definition) is 0. The van der Waals surface area contributed by atoms with Crippen molar-refractivity contribution in [2.24, 2.45) is 0 Å². The Balaban J connectivity index is 1.39. The van der Waals surface area contributed by atoms with E-state index in [1.807, 2.05) is 31.2 Å². The predicted octanol–water partition coefficient (Wildman–Crippen LogP) is 6.65. The maximum absolute atomic E-state index is 12.7. The van der Waals surface area contributed by atoms with Gasteiger partial charge in [-0.2, -0.15) is 0 Å². The number of Topliss-reactive ketones (excluding diaryl/α,β-unsaturated/α-hetero) is 2. The third-order valence-corrected chi connectivity index (χ3v) is 4.99. The van der Waals surface area contributed by atoms with Crippen molar-refractivity contribution in [3.8, 4) is 28.7 Å². The van der Waals surface area contributed by atoms with Crippen LogP contribution >= 0.6 is 0 Å². The number of benzene rings is 4. The minimum Gasteiger partial charge on any atom is -0.497 e. The molecule has 4 rings (SSSR count). The summed E-state index contributed by atoms with van der Waals surface area (Å²) in [6.45, 7) is 2.00. The molecule has 164 valence electrons. The molecule has 4 aromatic carbocycles. The Hall–Kier alpha value is -4.38. The minimum absolute atomic E-state index is 0.294. The molecule has 0 aliphatic rings. The first-order valence-electron chi connectivity index (χ1n) is 10.4. The second kappa shape index (κ2) is 9.83. The van der Waals surface area contributed by atoms with Gasteiger partial charge in [-0.05, 0) is 91.9 Å². The third kappa shape index (κ3) is 5.46. The van der Waals surface area contributed by atoms with Crippen molar-refractivity contribution in [1.29, 1.82) is 0 Å². The third-order valence-electron chi connectivity index (χ3n) is 4.99. The Morgan fingerprint density at radius 1 is 0.485 bits per heavy atom. The van der Waals surface area contributed by atoms with E-state index in [-0.39, 0.29) is 0 Å². The number of carbonyl (C=O) groups excluding carboxylic acids is 2. The van der Waals surface area contributed by atoms with E-state index in [1.54, 1.807) is 79.9 Å². The van der Waals surface area contributed by atoms with Crippen LogP contribution in [0.3, 0.4) is 0 Å². The fourth-order valence-electron chi connectivity index (χ4n) is 3.13. The van der Waals surface area contributed by atoms with Gasteiger partial charge in [0, 0.05) is 11.1 Å². The normalized spacial score (nSPS) is 10.4. The fourth-order valence-corrected chi connectivity index (χ4v) is 3.13. The standard InChI is InChI=1S/C28H22O5/c1-19-3-9-23(10-4-19)32-24-11-5-20(6-12-24)27(29)28(30)21-7-13-25(14-8-21)33-26-17-15-22(31-2)16-18-26/h3-18H,1-2H3. The Morgan fingerprint density at radius 2 is 0.788 bits per heavy atom. The molecule has 0 radical (unpaired) electrons. The number of ketones is 2. The molecule has 5 heteroatoms. The Bertz CT molecular complexity index is 1240. The molecule has 0 unspecified atom stereocenters. The molecule has 0 bridgehead atoms. The first-order valence-corrected chi connectivity index (χ1v) is 10.4. The van der Waals surface area contributed by atoms with Crippen LogP contribution in [-0.4, -0.2) is 18.7 Å². The van der Waals surface area contributed by atoms with Gasteiger partial charge in [-0.15, -0.1) is 0 Å². The number of methoxy groups -OCH3 is 1. The summed E-state index contributed by atoms with van der Waals surface area (Å²) < 4.78 is 16.7. The fraction of sp³-hybridized carbons (Fsp3) is 0.0714. The molecule has 0 aliphatic carbocycles. The largest absolute Gasteiger partial charge is 0.497 e. The van der Waals surface area contributed by atoms with E-state index in [0.29, 0.717) is 34.1 Å². The Kier molecular flexibility index (Phi) is 6.51. The van der Waals surface area contributed by atoms with Gasteiger partial charge in [-0.1, -0.05) is 17.7 Å². The molecule has 0 fully saturated rings. The van der Waals surface area contributed by atoms with Crippen molar-refractivity contribution in [2.45, 2.75) is 6.92 Å². The van der Waals surface area contributed by atoms with Crippen molar-refractivity contribution in [3.63, 3.8) is 0 Å². The summed E-state index contributed by atoms with van der Waals surface area (Å²) in [7, 11) is 1.60. The van der Waals surface area contributed by atoms with Gasteiger partial charge in [0.15, 0.2) is 0 Å². The molecule has 0 amide bonds. The van der Waals surface area contributed by atoms with E-state index in [1.165, 1.54) is 0 Å². The summed E-state index contributed by atoms with van der Waals surface area (Å²) in [6, 6.07) is 27.8. The Labute approximate surface area is 192 Å². The van der Waals surface area contributed by atoms with Crippen molar-refractivity contribution in [2.75, 3.05) is 7.11 Å². The average Bonchev–Trinajstić information content (AvgIpc) is 2.86. The number of carbonyl (C=O) groups is 2. The highest BCUT2D eigenvalue weighted by Crippen LogP contribution is 2.25. The van der Waals surface area contributed by atoms with Crippen molar-refractivity contribution in [1.82, 2.24) is 0 Å².